The van der Waals surface area contributed by atoms with Gasteiger partial charge in [0.05, 0.1) is 10.9 Å². The molecule has 0 unspecified atom stereocenters. The monoisotopic (exact) mass is 405 g/mol. The largest absolute Gasteiger partial charge is 0.438 e. The number of para-hydroxylation sites is 1. The molecule has 0 bridgehead atoms. The minimum absolute atomic E-state index is 0.425. The molecule has 0 saturated carbocycles. The molecule has 0 aliphatic heterocycles. The molecule has 4 aromatic rings. The van der Waals surface area contributed by atoms with Crippen LogP contribution in [0, 0.1) is 0 Å². The summed E-state index contributed by atoms with van der Waals surface area (Å²) in [5.41, 5.74) is 2.07. The Bertz CT molecular complexity index is 1100. The molecule has 4 rings (SSSR count). The molecule has 5 nitrogen and oxygen atoms in total. The maximum Gasteiger partial charge on any atom is 0.230 e. The van der Waals surface area contributed by atoms with E-state index < -0.39 is 0 Å². The van der Waals surface area contributed by atoms with Gasteiger partial charge in [-0.25, -0.2) is 4.98 Å². The number of aromatic nitrogens is 3. The van der Waals surface area contributed by atoms with E-state index in [1.807, 2.05) is 36.4 Å². The molecule has 2 aromatic carbocycles. The highest BCUT2D eigenvalue weighted by Gasteiger charge is 2.12. The lowest BCUT2D eigenvalue weighted by Crippen LogP contribution is -1.97. The Morgan fingerprint density at radius 2 is 1.88 bits per heavy atom. The van der Waals surface area contributed by atoms with Gasteiger partial charge < -0.3 is 4.74 Å². The van der Waals surface area contributed by atoms with Crippen LogP contribution in [0.2, 0.25) is 0 Å². The predicted octanol–water partition coefficient (Wildman–Crippen LogP) is 5.06. The second-order valence-electron chi connectivity index (χ2n) is 5.51. The van der Waals surface area contributed by atoms with Crippen molar-refractivity contribution in [1.29, 1.82) is 0 Å². The average Bonchev–Trinajstić information content (AvgIpc) is 2.70. The summed E-state index contributed by atoms with van der Waals surface area (Å²) in [5, 5.41) is 0.788. The molecule has 0 fully saturated rings. The van der Waals surface area contributed by atoms with E-state index in [0.717, 1.165) is 22.8 Å². The van der Waals surface area contributed by atoms with Crippen LogP contribution in [0.5, 0.6) is 11.6 Å². The Kier molecular flexibility index (Phi) is 4.41. The summed E-state index contributed by atoms with van der Waals surface area (Å²) in [6.07, 6.45) is 4.18. The van der Waals surface area contributed by atoms with E-state index in [1.54, 1.807) is 30.6 Å². The van der Waals surface area contributed by atoms with E-state index in [1.165, 1.54) is 0 Å². The van der Waals surface area contributed by atoms with E-state index in [9.17, 15) is 4.79 Å². The summed E-state index contributed by atoms with van der Waals surface area (Å²) in [5.74, 6) is 1.48. The zero-order valence-corrected chi connectivity index (χ0v) is 15.1. The highest BCUT2D eigenvalue weighted by molar-refractivity contribution is 9.10. The van der Waals surface area contributed by atoms with Crippen LogP contribution >= 0.6 is 15.9 Å². The van der Waals surface area contributed by atoms with Gasteiger partial charge in [-0.3, -0.25) is 9.78 Å². The van der Waals surface area contributed by atoms with Gasteiger partial charge in [-0.2, -0.15) is 4.98 Å². The number of ether oxygens (including phenoxy) is 1. The van der Waals surface area contributed by atoms with Gasteiger partial charge in [0.1, 0.15) is 5.75 Å². The Labute approximate surface area is 157 Å². The van der Waals surface area contributed by atoms with Crippen LogP contribution < -0.4 is 4.74 Å². The predicted molar refractivity (Wildman–Crippen MR) is 102 cm³/mol. The molecule has 0 N–H and O–H groups in total. The first-order chi connectivity index (χ1) is 12.7. The molecular formula is C20H12BrN3O2. The maximum atomic E-state index is 11.2. The summed E-state index contributed by atoms with van der Waals surface area (Å²) >= 11 is 3.34. The van der Waals surface area contributed by atoms with E-state index >= 15 is 0 Å². The van der Waals surface area contributed by atoms with Gasteiger partial charge in [-0.15, -0.1) is 0 Å². The number of fused-ring (bicyclic) bond motifs is 1. The lowest BCUT2D eigenvalue weighted by molar-refractivity contribution is 0.112. The number of aldehydes is 1. The number of pyridine rings is 1. The molecular weight excluding hydrogens is 394 g/mol. The van der Waals surface area contributed by atoms with Gasteiger partial charge in [0.15, 0.2) is 12.1 Å². The highest BCUT2D eigenvalue weighted by atomic mass is 79.9. The maximum absolute atomic E-state index is 11.2. The van der Waals surface area contributed by atoms with E-state index in [-0.39, 0.29) is 0 Å². The van der Waals surface area contributed by atoms with Gasteiger partial charge in [0.25, 0.3) is 0 Å². The van der Waals surface area contributed by atoms with Crippen LogP contribution in [-0.4, -0.2) is 21.2 Å². The molecule has 126 valence electrons. The topological polar surface area (TPSA) is 65.0 Å². The van der Waals surface area contributed by atoms with Crippen molar-refractivity contribution in [1.82, 2.24) is 15.0 Å². The number of hydrogen-bond acceptors (Lipinski definition) is 5. The van der Waals surface area contributed by atoms with E-state index in [2.05, 4.69) is 30.9 Å². The van der Waals surface area contributed by atoms with Crippen molar-refractivity contribution >= 4 is 33.1 Å². The lowest BCUT2D eigenvalue weighted by Gasteiger charge is -2.10. The summed E-state index contributed by atoms with van der Waals surface area (Å²) in [6, 6.07) is 16.6. The molecule has 2 aromatic heterocycles. The molecule has 0 atom stereocenters. The zero-order chi connectivity index (χ0) is 17.9. The molecule has 0 saturated heterocycles. The third-order valence-corrected chi connectivity index (χ3v) is 4.52. The van der Waals surface area contributed by atoms with Crippen LogP contribution in [0.15, 0.2) is 71.5 Å². The first-order valence-corrected chi connectivity index (χ1v) is 8.63. The van der Waals surface area contributed by atoms with Crippen molar-refractivity contribution < 1.29 is 9.53 Å². The summed E-state index contributed by atoms with van der Waals surface area (Å²) in [4.78, 5) is 24.5. The lowest BCUT2D eigenvalue weighted by atomic mass is 10.2. The number of hydrogen-bond donors (Lipinski definition) is 0. The van der Waals surface area contributed by atoms with E-state index in [4.69, 9.17) is 4.74 Å². The first kappa shape index (κ1) is 16.4. The third kappa shape index (κ3) is 3.19. The fourth-order valence-electron chi connectivity index (χ4n) is 2.54. The van der Waals surface area contributed by atoms with Crippen molar-refractivity contribution in [3.05, 3.63) is 77.0 Å². The molecule has 6 heteroatoms. The molecule has 0 radical (unpaired) electrons. The smallest absolute Gasteiger partial charge is 0.230 e. The number of rotatable bonds is 4. The summed E-state index contributed by atoms with van der Waals surface area (Å²) < 4.78 is 6.71. The van der Waals surface area contributed by atoms with Crippen LogP contribution in [0.25, 0.3) is 22.3 Å². The van der Waals surface area contributed by atoms with Crippen molar-refractivity contribution in [3.63, 3.8) is 0 Å². The second kappa shape index (κ2) is 7.01. The minimum atomic E-state index is 0.425. The Morgan fingerprint density at radius 1 is 1.00 bits per heavy atom. The number of nitrogens with zero attached hydrogens (tertiary/aromatic N) is 3. The number of halogens is 1. The summed E-state index contributed by atoms with van der Waals surface area (Å²) in [7, 11) is 0. The summed E-state index contributed by atoms with van der Waals surface area (Å²) in [6.45, 7) is 0. The number of carbonyl (C=O) groups excluding carboxylic acids is 1. The number of carbonyl (C=O) groups is 1. The Balaban J connectivity index is 1.84. The molecule has 26 heavy (non-hydrogen) atoms. The third-order valence-electron chi connectivity index (χ3n) is 3.80. The van der Waals surface area contributed by atoms with Crippen LogP contribution in [0.1, 0.15) is 10.4 Å². The quantitative estimate of drug-likeness (QED) is 0.444. The van der Waals surface area contributed by atoms with Crippen LogP contribution in [0.3, 0.4) is 0 Å². The Hall–Kier alpha value is -3.12. The van der Waals surface area contributed by atoms with Crippen molar-refractivity contribution in [2.24, 2.45) is 0 Å². The second-order valence-corrected chi connectivity index (χ2v) is 6.37. The zero-order valence-electron chi connectivity index (χ0n) is 13.5. The van der Waals surface area contributed by atoms with Gasteiger partial charge >= 0.3 is 0 Å². The fraction of sp³-hybridized carbons (Fsp3) is 0. The molecule has 0 amide bonds. The fourth-order valence-corrected chi connectivity index (χ4v) is 2.88. The van der Waals surface area contributed by atoms with Gasteiger partial charge in [0.2, 0.25) is 5.88 Å². The standard InChI is InChI=1S/C20H12BrN3O2/c21-17-8-7-15(10-14(17)12-25)26-20-16-5-1-2-6-18(16)23-19(24-20)13-4-3-9-22-11-13/h1-12H. The molecule has 0 spiro atoms. The Morgan fingerprint density at radius 3 is 2.69 bits per heavy atom. The molecule has 0 aliphatic carbocycles. The average molecular weight is 406 g/mol. The molecule has 0 aliphatic rings. The van der Waals surface area contributed by atoms with E-state index in [0.29, 0.717) is 27.5 Å². The number of benzene rings is 2. The molecule has 2 heterocycles. The minimum Gasteiger partial charge on any atom is -0.438 e. The van der Waals surface area contributed by atoms with Crippen LogP contribution in [0.4, 0.5) is 0 Å². The first-order valence-electron chi connectivity index (χ1n) is 7.84. The normalized spacial score (nSPS) is 10.7. The van der Waals surface area contributed by atoms with Crippen molar-refractivity contribution in [3.8, 4) is 23.0 Å². The van der Waals surface area contributed by atoms with Gasteiger partial charge in [0, 0.05) is 28.0 Å². The van der Waals surface area contributed by atoms with Crippen molar-refractivity contribution in [2.75, 3.05) is 0 Å². The van der Waals surface area contributed by atoms with Crippen molar-refractivity contribution in [2.45, 2.75) is 0 Å². The van der Waals surface area contributed by atoms with Crippen LogP contribution in [-0.2, 0) is 0 Å². The van der Waals surface area contributed by atoms with Gasteiger partial charge in [-0.05, 0) is 42.5 Å². The highest BCUT2D eigenvalue weighted by Crippen LogP contribution is 2.31. The SMILES string of the molecule is O=Cc1cc(Oc2nc(-c3cccnc3)nc3ccccc23)ccc1Br. The van der Waals surface area contributed by atoms with Gasteiger partial charge in [-0.1, -0.05) is 28.1 Å².